The number of nitrogens with one attached hydrogen (secondary N) is 1. The van der Waals surface area contributed by atoms with Gasteiger partial charge in [-0.25, -0.2) is 9.37 Å². The largest absolute Gasteiger partial charge is 0.326 e. The summed E-state index contributed by atoms with van der Waals surface area (Å²) >= 11 is 1.47. The lowest BCUT2D eigenvalue weighted by molar-refractivity contribution is -0.114. The number of hydrogen-bond donors (Lipinski definition) is 2. The Kier molecular flexibility index (Phi) is 4.69. The van der Waals surface area contributed by atoms with Crippen molar-refractivity contribution in [3.63, 3.8) is 0 Å². The monoisotopic (exact) mass is 341 g/mol. The lowest BCUT2D eigenvalue weighted by Gasteiger charge is -2.08. The Morgan fingerprint density at radius 3 is 2.46 bits per heavy atom. The van der Waals surface area contributed by atoms with Crippen molar-refractivity contribution in [3.8, 4) is 11.3 Å². The molecule has 0 bridgehead atoms. The number of nitrogens with two attached hydrogens (primary N) is 1. The molecular formula is C18H16FN3OS. The van der Waals surface area contributed by atoms with Crippen LogP contribution in [0.25, 0.3) is 11.3 Å². The summed E-state index contributed by atoms with van der Waals surface area (Å²) in [5.74, 6) is -0.394. The van der Waals surface area contributed by atoms with E-state index in [1.54, 1.807) is 12.1 Å². The Hall–Kier alpha value is -2.57. The summed E-state index contributed by atoms with van der Waals surface area (Å²) < 4.78 is 13.0. The SMILES string of the molecule is CC(=O)Nc1ccc(-c2csc(C(N)c3ccc(F)cc3)n2)cc1. The molecule has 3 aromatic rings. The van der Waals surface area contributed by atoms with Crippen LogP contribution in [0.5, 0.6) is 0 Å². The number of aromatic nitrogens is 1. The van der Waals surface area contributed by atoms with E-state index >= 15 is 0 Å². The van der Waals surface area contributed by atoms with Gasteiger partial charge in [0.2, 0.25) is 5.91 Å². The minimum atomic E-state index is -0.386. The van der Waals surface area contributed by atoms with E-state index in [4.69, 9.17) is 5.73 Å². The van der Waals surface area contributed by atoms with Crippen LogP contribution in [-0.4, -0.2) is 10.9 Å². The number of benzene rings is 2. The third-order valence-corrected chi connectivity index (χ3v) is 4.45. The summed E-state index contributed by atoms with van der Waals surface area (Å²) in [7, 11) is 0. The predicted octanol–water partition coefficient (Wildman–Crippen LogP) is 3.96. The van der Waals surface area contributed by atoms with Crippen molar-refractivity contribution >= 4 is 22.9 Å². The van der Waals surface area contributed by atoms with Gasteiger partial charge < -0.3 is 11.1 Å². The Morgan fingerprint density at radius 1 is 1.17 bits per heavy atom. The molecule has 0 saturated heterocycles. The highest BCUT2D eigenvalue weighted by Crippen LogP contribution is 2.28. The van der Waals surface area contributed by atoms with Gasteiger partial charge in [0.25, 0.3) is 0 Å². The Bertz CT molecular complexity index is 843. The number of thiazole rings is 1. The molecule has 1 unspecified atom stereocenters. The summed E-state index contributed by atoms with van der Waals surface area (Å²) in [6.45, 7) is 1.47. The molecule has 6 heteroatoms. The number of carbonyl (C=O) groups excluding carboxylic acids is 1. The topological polar surface area (TPSA) is 68.0 Å². The first kappa shape index (κ1) is 16.3. The molecule has 0 fully saturated rings. The molecular weight excluding hydrogens is 325 g/mol. The fourth-order valence-electron chi connectivity index (χ4n) is 2.30. The zero-order valence-electron chi connectivity index (χ0n) is 13.0. The lowest BCUT2D eigenvalue weighted by Crippen LogP contribution is -2.11. The van der Waals surface area contributed by atoms with E-state index in [-0.39, 0.29) is 17.8 Å². The van der Waals surface area contributed by atoms with Crippen LogP contribution in [0.15, 0.2) is 53.9 Å². The fraction of sp³-hybridized carbons (Fsp3) is 0.111. The third kappa shape index (κ3) is 3.67. The molecule has 0 radical (unpaired) electrons. The molecule has 3 rings (SSSR count). The molecule has 4 nitrogen and oxygen atoms in total. The van der Waals surface area contributed by atoms with E-state index in [2.05, 4.69) is 10.3 Å². The number of amides is 1. The molecule has 0 spiro atoms. The van der Waals surface area contributed by atoms with Gasteiger partial charge in [-0.05, 0) is 29.8 Å². The van der Waals surface area contributed by atoms with Gasteiger partial charge in [-0.2, -0.15) is 0 Å². The van der Waals surface area contributed by atoms with Gasteiger partial charge in [-0.3, -0.25) is 4.79 Å². The van der Waals surface area contributed by atoms with E-state index in [1.807, 2.05) is 29.6 Å². The van der Waals surface area contributed by atoms with Crippen LogP contribution < -0.4 is 11.1 Å². The molecule has 0 saturated carbocycles. The van der Waals surface area contributed by atoms with Crippen molar-refractivity contribution in [2.45, 2.75) is 13.0 Å². The molecule has 0 aliphatic heterocycles. The normalized spacial score (nSPS) is 12.0. The average molecular weight is 341 g/mol. The quantitative estimate of drug-likeness (QED) is 0.755. The first-order valence-corrected chi connectivity index (χ1v) is 8.25. The van der Waals surface area contributed by atoms with Gasteiger partial charge >= 0.3 is 0 Å². The summed E-state index contributed by atoms with van der Waals surface area (Å²) in [5.41, 5.74) is 9.54. The number of carbonyl (C=O) groups is 1. The second-order valence-corrected chi connectivity index (χ2v) is 6.25. The second kappa shape index (κ2) is 6.90. The number of anilines is 1. The van der Waals surface area contributed by atoms with Gasteiger partial charge in [0.05, 0.1) is 11.7 Å². The predicted molar refractivity (Wildman–Crippen MR) is 94.3 cm³/mol. The van der Waals surface area contributed by atoms with E-state index in [0.717, 1.165) is 27.5 Å². The van der Waals surface area contributed by atoms with Gasteiger partial charge in [-0.1, -0.05) is 24.3 Å². The van der Waals surface area contributed by atoms with Crippen LogP contribution in [0.1, 0.15) is 23.5 Å². The number of nitrogens with zero attached hydrogens (tertiary/aromatic N) is 1. The summed E-state index contributed by atoms with van der Waals surface area (Å²) in [5, 5.41) is 5.43. The summed E-state index contributed by atoms with van der Waals surface area (Å²) in [6, 6.07) is 13.2. The van der Waals surface area contributed by atoms with Crippen molar-refractivity contribution in [1.82, 2.24) is 4.98 Å². The molecule has 1 amide bonds. The van der Waals surface area contributed by atoms with E-state index in [9.17, 15) is 9.18 Å². The maximum atomic E-state index is 13.0. The van der Waals surface area contributed by atoms with Crippen LogP contribution >= 0.6 is 11.3 Å². The highest BCUT2D eigenvalue weighted by atomic mass is 32.1. The molecule has 2 aromatic carbocycles. The van der Waals surface area contributed by atoms with Gasteiger partial charge in [-0.15, -0.1) is 11.3 Å². The smallest absolute Gasteiger partial charge is 0.221 e. The molecule has 0 aliphatic rings. The molecule has 122 valence electrons. The second-order valence-electron chi connectivity index (χ2n) is 5.36. The molecule has 1 atom stereocenters. The minimum absolute atomic E-state index is 0.107. The van der Waals surface area contributed by atoms with Crippen LogP contribution in [0.3, 0.4) is 0 Å². The summed E-state index contributed by atoms with van der Waals surface area (Å²) in [6.07, 6.45) is 0. The molecule has 0 aliphatic carbocycles. The highest BCUT2D eigenvalue weighted by Gasteiger charge is 2.14. The lowest BCUT2D eigenvalue weighted by atomic mass is 10.1. The molecule has 1 heterocycles. The third-order valence-electron chi connectivity index (χ3n) is 3.52. The van der Waals surface area contributed by atoms with Gasteiger partial charge in [0, 0.05) is 23.6 Å². The Morgan fingerprint density at radius 2 is 1.83 bits per heavy atom. The Balaban J connectivity index is 1.79. The average Bonchev–Trinajstić information content (AvgIpc) is 3.05. The van der Waals surface area contributed by atoms with Crippen LogP contribution in [0, 0.1) is 5.82 Å². The van der Waals surface area contributed by atoms with Gasteiger partial charge in [0.15, 0.2) is 0 Å². The number of hydrogen-bond acceptors (Lipinski definition) is 4. The van der Waals surface area contributed by atoms with E-state index in [0.29, 0.717) is 0 Å². The number of rotatable bonds is 4. The first-order valence-electron chi connectivity index (χ1n) is 7.37. The Labute approximate surface area is 143 Å². The van der Waals surface area contributed by atoms with Crippen molar-refractivity contribution in [1.29, 1.82) is 0 Å². The standard InChI is InChI=1S/C18H16FN3OS/c1-11(23)21-15-8-4-12(5-9-15)16-10-24-18(22-16)17(20)13-2-6-14(19)7-3-13/h2-10,17H,20H2,1H3,(H,21,23). The van der Waals surface area contributed by atoms with Crippen LogP contribution in [0.4, 0.5) is 10.1 Å². The van der Waals surface area contributed by atoms with Gasteiger partial charge in [0.1, 0.15) is 10.8 Å². The fourth-order valence-corrected chi connectivity index (χ4v) is 3.16. The zero-order valence-corrected chi connectivity index (χ0v) is 13.8. The maximum absolute atomic E-state index is 13.0. The first-order chi connectivity index (χ1) is 11.5. The molecule has 3 N–H and O–H groups in total. The highest BCUT2D eigenvalue weighted by molar-refractivity contribution is 7.10. The van der Waals surface area contributed by atoms with Crippen molar-refractivity contribution in [2.24, 2.45) is 5.73 Å². The number of halogens is 1. The van der Waals surface area contributed by atoms with E-state index < -0.39 is 0 Å². The van der Waals surface area contributed by atoms with Crippen molar-refractivity contribution < 1.29 is 9.18 Å². The maximum Gasteiger partial charge on any atom is 0.221 e. The minimum Gasteiger partial charge on any atom is -0.326 e. The van der Waals surface area contributed by atoms with Crippen LogP contribution in [-0.2, 0) is 4.79 Å². The molecule has 24 heavy (non-hydrogen) atoms. The van der Waals surface area contributed by atoms with Crippen molar-refractivity contribution in [3.05, 3.63) is 70.3 Å². The zero-order chi connectivity index (χ0) is 17.1. The van der Waals surface area contributed by atoms with Crippen molar-refractivity contribution in [2.75, 3.05) is 5.32 Å². The van der Waals surface area contributed by atoms with E-state index in [1.165, 1.54) is 30.4 Å². The van der Waals surface area contributed by atoms with Crippen LogP contribution in [0.2, 0.25) is 0 Å². The molecule has 1 aromatic heterocycles. The summed E-state index contributed by atoms with van der Waals surface area (Å²) in [4.78, 5) is 15.6.